The second-order valence-electron chi connectivity index (χ2n) is 7.51. The molecule has 0 bridgehead atoms. The van der Waals surface area contributed by atoms with Crippen LogP contribution in [0.5, 0.6) is 0 Å². The second-order valence-corrected chi connectivity index (χ2v) is 9.16. The predicted molar refractivity (Wildman–Crippen MR) is 116 cm³/mol. The smallest absolute Gasteiger partial charge is 0.321 e. The van der Waals surface area contributed by atoms with E-state index in [1.807, 2.05) is 19.1 Å². The quantitative estimate of drug-likeness (QED) is 0.518. The Labute approximate surface area is 182 Å². The van der Waals surface area contributed by atoms with Gasteiger partial charge in [-0.1, -0.05) is 49.1 Å². The van der Waals surface area contributed by atoms with Crippen molar-refractivity contribution in [1.29, 1.82) is 0 Å². The maximum Gasteiger partial charge on any atom is 0.321 e. The van der Waals surface area contributed by atoms with Gasteiger partial charge in [0, 0.05) is 11.4 Å². The molecule has 1 aromatic carbocycles. The molecule has 0 aromatic heterocycles. The summed E-state index contributed by atoms with van der Waals surface area (Å²) in [5.74, 6) is -1.73. The van der Waals surface area contributed by atoms with E-state index in [-0.39, 0.29) is 6.04 Å². The van der Waals surface area contributed by atoms with Crippen LogP contribution in [-0.4, -0.2) is 45.0 Å². The summed E-state index contributed by atoms with van der Waals surface area (Å²) in [4.78, 5) is 35.8. The number of urea groups is 1. The molecule has 31 heavy (non-hydrogen) atoms. The fourth-order valence-corrected chi connectivity index (χ4v) is 3.78. The Morgan fingerprint density at radius 2 is 1.77 bits per heavy atom. The van der Waals surface area contributed by atoms with E-state index in [0.717, 1.165) is 43.1 Å². The van der Waals surface area contributed by atoms with Gasteiger partial charge in [-0.15, -0.1) is 0 Å². The van der Waals surface area contributed by atoms with E-state index in [9.17, 15) is 22.8 Å². The van der Waals surface area contributed by atoms with Crippen LogP contribution in [-0.2, 0) is 24.3 Å². The van der Waals surface area contributed by atoms with Gasteiger partial charge in [0.25, 0.3) is 5.91 Å². The van der Waals surface area contributed by atoms with Crippen LogP contribution in [0.1, 0.15) is 50.2 Å². The number of ether oxygens (including phenoxy) is 1. The van der Waals surface area contributed by atoms with E-state index < -0.39 is 40.6 Å². The average Bonchev–Trinajstić information content (AvgIpc) is 2.72. The summed E-state index contributed by atoms with van der Waals surface area (Å²) in [7, 11) is -3.87. The molecule has 0 radical (unpaired) electrons. The number of sulfonamides is 1. The summed E-state index contributed by atoms with van der Waals surface area (Å²) >= 11 is 0. The molecule has 0 saturated heterocycles. The SMILES string of the molecule is Cc1ccc(/C=C/S(=O)(=O)NCC(=O)O[C@@H](C)C(=O)NC(=O)NC2CCCCC2)cc1. The monoisotopic (exact) mass is 451 g/mol. The van der Waals surface area contributed by atoms with Gasteiger partial charge in [-0.2, -0.15) is 0 Å². The summed E-state index contributed by atoms with van der Waals surface area (Å²) in [6.07, 6.45) is 5.07. The molecule has 1 aliphatic carbocycles. The molecular weight excluding hydrogens is 422 g/mol. The van der Waals surface area contributed by atoms with Gasteiger partial charge in [0.15, 0.2) is 6.10 Å². The van der Waals surface area contributed by atoms with Gasteiger partial charge in [0.1, 0.15) is 6.54 Å². The fourth-order valence-electron chi connectivity index (χ4n) is 3.03. The highest BCUT2D eigenvalue weighted by Gasteiger charge is 2.22. The minimum absolute atomic E-state index is 0.0294. The van der Waals surface area contributed by atoms with E-state index in [4.69, 9.17) is 4.74 Å². The lowest BCUT2D eigenvalue weighted by Gasteiger charge is -2.23. The number of nitrogens with one attached hydrogen (secondary N) is 3. The molecule has 1 aliphatic rings. The zero-order chi connectivity index (χ0) is 22.9. The molecule has 0 unspecified atom stereocenters. The van der Waals surface area contributed by atoms with E-state index in [1.54, 1.807) is 12.1 Å². The Bertz CT molecular complexity index is 906. The Balaban J connectivity index is 1.74. The van der Waals surface area contributed by atoms with Crippen molar-refractivity contribution in [1.82, 2.24) is 15.4 Å². The van der Waals surface area contributed by atoms with Gasteiger partial charge in [-0.3, -0.25) is 14.9 Å². The molecule has 170 valence electrons. The van der Waals surface area contributed by atoms with Crippen molar-refractivity contribution < 1.29 is 27.5 Å². The zero-order valence-corrected chi connectivity index (χ0v) is 18.5. The van der Waals surface area contributed by atoms with E-state index in [2.05, 4.69) is 15.4 Å². The van der Waals surface area contributed by atoms with Gasteiger partial charge in [-0.25, -0.2) is 17.9 Å². The Hall–Kier alpha value is -2.72. The van der Waals surface area contributed by atoms with E-state index in [1.165, 1.54) is 13.0 Å². The largest absolute Gasteiger partial charge is 0.452 e. The maximum atomic E-state index is 12.0. The number of benzene rings is 1. The van der Waals surface area contributed by atoms with Crippen LogP contribution in [0, 0.1) is 6.92 Å². The van der Waals surface area contributed by atoms with E-state index in [0.29, 0.717) is 5.56 Å². The van der Waals surface area contributed by atoms with Crippen LogP contribution in [0.15, 0.2) is 29.7 Å². The molecule has 9 nitrogen and oxygen atoms in total. The van der Waals surface area contributed by atoms with Gasteiger partial charge in [0.05, 0.1) is 0 Å². The first-order chi connectivity index (χ1) is 14.6. The molecule has 1 aromatic rings. The summed E-state index contributed by atoms with van der Waals surface area (Å²) in [5, 5.41) is 5.80. The summed E-state index contributed by atoms with van der Waals surface area (Å²) in [5.41, 5.74) is 1.74. The van der Waals surface area contributed by atoms with Crippen molar-refractivity contribution in [3.63, 3.8) is 0 Å². The number of hydrogen-bond acceptors (Lipinski definition) is 6. The Kier molecular flexibility index (Phi) is 9.20. The lowest BCUT2D eigenvalue weighted by molar-refractivity contribution is -0.153. The third-order valence-electron chi connectivity index (χ3n) is 4.79. The number of carbonyl (C=O) groups is 3. The molecule has 1 atom stereocenters. The highest BCUT2D eigenvalue weighted by molar-refractivity contribution is 7.92. The minimum Gasteiger partial charge on any atom is -0.452 e. The van der Waals surface area contributed by atoms with Crippen LogP contribution in [0.4, 0.5) is 4.79 Å². The topological polar surface area (TPSA) is 131 Å². The number of aryl methyl sites for hydroxylation is 1. The minimum atomic E-state index is -3.87. The van der Waals surface area contributed by atoms with Crippen LogP contribution in [0.2, 0.25) is 0 Å². The zero-order valence-electron chi connectivity index (χ0n) is 17.7. The molecular formula is C21H29N3O6S. The van der Waals surface area contributed by atoms with Gasteiger partial charge >= 0.3 is 12.0 Å². The van der Waals surface area contributed by atoms with Crippen molar-refractivity contribution in [3.8, 4) is 0 Å². The fraction of sp³-hybridized carbons (Fsp3) is 0.476. The first-order valence-electron chi connectivity index (χ1n) is 10.2. The Morgan fingerprint density at radius 1 is 1.13 bits per heavy atom. The number of hydrogen-bond donors (Lipinski definition) is 3. The summed E-state index contributed by atoms with van der Waals surface area (Å²) in [6, 6.07) is 6.61. The van der Waals surface area contributed by atoms with Crippen LogP contribution in [0.25, 0.3) is 6.08 Å². The molecule has 1 saturated carbocycles. The third-order valence-corrected chi connectivity index (χ3v) is 5.83. The number of imide groups is 1. The first kappa shape index (κ1) is 24.5. The van der Waals surface area contributed by atoms with Crippen molar-refractivity contribution in [2.75, 3.05) is 6.54 Å². The number of rotatable bonds is 8. The molecule has 2 rings (SSSR count). The lowest BCUT2D eigenvalue weighted by atomic mass is 9.96. The summed E-state index contributed by atoms with van der Waals surface area (Å²) < 4.78 is 31.0. The maximum absolute atomic E-state index is 12.0. The van der Waals surface area contributed by atoms with Gasteiger partial charge < -0.3 is 10.1 Å². The van der Waals surface area contributed by atoms with Crippen molar-refractivity contribution in [2.45, 2.75) is 58.1 Å². The molecule has 0 aliphatic heterocycles. The normalized spacial score (nSPS) is 15.9. The summed E-state index contributed by atoms with van der Waals surface area (Å²) in [6.45, 7) is 2.57. The second kappa shape index (κ2) is 11.6. The molecule has 3 N–H and O–H groups in total. The van der Waals surface area contributed by atoms with Gasteiger partial charge in [0.2, 0.25) is 10.0 Å². The van der Waals surface area contributed by atoms with Crippen LogP contribution >= 0.6 is 0 Å². The molecule has 1 fully saturated rings. The first-order valence-corrected chi connectivity index (χ1v) is 11.7. The highest BCUT2D eigenvalue weighted by Crippen LogP contribution is 2.17. The third kappa shape index (κ3) is 9.31. The number of amides is 3. The van der Waals surface area contributed by atoms with Crippen molar-refractivity contribution >= 4 is 34.0 Å². The van der Waals surface area contributed by atoms with Crippen molar-refractivity contribution in [3.05, 3.63) is 40.8 Å². The van der Waals surface area contributed by atoms with Crippen molar-refractivity contribution in [2.24, 2.45) is 0 Å². The van der Waals surface area contributed by atoms with E-state index >= 15 is 0 Å². The highest BCUT2D eigenvalue weighted by atomic mass is 32.2. The predicted octanol–water partition coefficient (Wildman–Crippen LogP) is 1.98. The van der Waals surface area contributed by atoms with Gasteiger partial charge in [-0.05, 0) is 38.3 Å². The number of carbonyl (C=O) groups excluding carboxylic acids is 3. The molecule has 3 amide bonds. The standard InChI is InChI=1S/C21H29N3O6S/c1-15-8-10-17(11-9-15)12-13-31(28,29)22-14-19(25)30-16(2)20(26)24-21(27)23-18-6-4-3-5-7-18/h8-13,16,18,22H,3-7,14H2,1-2H3,(H2,23,24,26,27)/b13-12+/t16-/m0/s1. The van der Waals surface area contributed by atoms with Crippen LogP contribution in [0.3, 0.4) is 0 Å². The molecule has 0 heterocycles. The average molecular weight is 452 g/mol. The Morgan fingerprint density at radius 3 is 2.42 bits per heavy atom. The molecule has 0 spiro atoms. The van der Waals surface area contributed by atoms with Crippen LogP contribution < -0.4 is 15.4 Å². The number of esters is 1. The lowest BCUT2D eigenvalue weighted by Crippen LogP contribution is -2.48. The molecule has 10 heteroatoms.